The summed E-state index contributed by atoms with van der Waals surface area (Å²) in [6.45, 7) is 1.41. The van der Waals surface area contributed by atoms with E-state index in [2.05, 4.69) is 22.8 Å². The lowest BCUT2D eigenvalue weighted by Gasteiger charge is -2.07. The predicted molar refractivity (Wildman–Crippen MR) is 113 cm³/mol. The lowest BCUT2D eigenvalue weighted by molar-refractivity contribution is -0.114. The minimum atomic E-state index is -0.256. The molecule has 2 amide bonds. The monoisotopic (exact) mass is 396 g/mol. The molecule has 0 fully saturated rings. The van der Waals surface area contributed by atoms with Crippen LogP contribution in [-0.4, -0.2) is 11.8 Å². The molecular weight excluding hydrogens is 380 g/mol. The third kappa shape index (κ3) is 5.29. The molecule has 1 heterocycles. The summed E-state index contributed by atoms with van der Waals surface area (Å²) >= 11 is 7.72. The Labute approximate surface area is 166 Å². The zero-order chi connectivity index (χ0) is 19.2. The third-order valence-electron chi connectivity index (χ3n) is 3.63. The quantitative estimate of drug-likeness (QED) is 0.545. The molecule has 0 aliphatic heterocycles. The fourth-order valence-corrected chi connectivity index (χ4v) is 3.57. The Morgan fingerprint density at radius 3 is 2.48 bits per heavy atom. The van der Waals surface area contributed by atoms with Gasteiger partial charge in [0.05, 0.1) is 10.7 Å². The van der Waals surface area contributed by atoms with Crippen molar-refractivity contribution in [3.05, 3.63) is 76.6 Å². The largest absolute Gasteiger partial charge is 0.325 e. The van der Waals surface area contributed by atoms with E-state index in [0.717, 1.165) is 15.3 Å². The van der Waals surface area contributed by atoms with Gasteiger partial charge in [-0.1, -0.05) is 41.9 Å². The van der Waals surface area contributed by atoms with Crippen LogP contribution in [0, 0.1) is 0 Å². The number of benzene rings is 2. The molecule has 0 spiro atoms. The fraction of sp³-hybridized carbons (Fsp3) is 0.0476. The number of hydrogen-bond donors (Lipinski definition) is 2. The van der Waals surface area contributed by atoms with Gasteiger partial charge in [0.2, 0.25) is 11.8 Å². The van der Waals surface area contributed by atoms with Crippen molar-refractivity contribution in [3.63, 3.8) is 0 Å². The summed E-state index contributed by atoms with van der Waals surface area (Å²) in [5.41, 5.74) is 2.21. The van der Waals surface area contributed by atoms with Crippen molar-refractivity contribution >= 4 is 52.2 Å². The molecule has 0 aliphatic rings. The normalized spacial score (nSPS) is 10.7. The van der Waals surface area contributed by atoms with Gasteiger partial charge < -0.3 is 10.6 Å². The van der Waals surface area contributed by atoms with Gasteiger partial charge >= 0.3 is 0 Å². The highest BCUT2D eigenvalue weighted by Crippen LogP contribution is 2.29. The van der Waals surface area contributed by atoms with Crippen LogP contribution in [-0.2, 0) is 9.59 Å². The van der Waals surface area contributed by atoms with Crippen LogP contribution in [0.5, 0.6) is 0 Å². The Hall–Kier alpha value is -2.89. The average Bonchev–Trinajstić information content (AvgIpc) is 3.12. The van der Waals surface area contributed by atoms with Crippen molar-refractivity contribution < 1.29 is 9.59 Å². The lowest BCUT2D eigenvalue weighted by atomic mass is 10.2. The molecule has 3 aromatic rings. The first-order valence-electron chi connectivity index (χ1n) is 8.23. The van der Waals surface area contributed by atoms with Gasteiger partial charge in [-0.15, -0.1) is 11.3 Å². The van der Waals surface area contributed by atoms with Crippen molar-refractivity contribution in [2.24, 2.45) is 0 Å². The topological polar surface area (TPSA) is 58.2 Å². The second-order valence-electron chi connectivity index (χ2n) is 5.77. The SMILES string of the molecule is CC(=O)Nc1ccc(NC(=O)C=Cc2ccc(-c3ccccc3)s2)cc1Cl. The Morgan fingerprint density at radius 1 is 1.00 bits per heavy atom. The number of carbonyl (C=O) groups excluding carboxylic acids is 2. The number of hydrogen-bond acceptors (Lipinski definition) is 3. The number of amides is 2. The summed E-state index contributed by atoms with van der Waals surface area (Å²) < 4.78 is 0. The zero-order valence-electron chi connectivity index (χ0n) is 14.5. The average molecular weight is 397 g/mol. The summed E-state index contributed by atoms with van der Waals surface area (Å²) in [5.74, 6) is -0.463. The van der Waals surface area contributed by atoms with E-state index < -0.39 is 0 Å². The molecule has 0 radical (unpaired) electrons. The Kier molecular flexibility index (Phi) is 6.06. The molecule has 0 atom stereocenters. The first-order chi connectivity index (χ1) is 13.0. The lowest BCUT2D eigenvalue weighted by Crippen LogP contribution is -2.09. The Balaban J connectivity index is 1.63. The number of rotatable bonds is 5. The second-order valence-corrected chi connectivity index (χ2v) is 7.29. The van der Waals surface area contributed by atoms with Crippen molar-refractivity contribution in [2.45, 2.75) is 6.92 Å². The highest BCUT2D eigenvalue weighted by Gasteiger charge is 2.05. The highest BCUT2D eigenvalue weighted by molar-refractivity contribution is 7.16. The van der Waals surface area contributed by atoms with Gasteiger partial charge in [0.25, 0.3) is 0 Å². The molecule has 0 saturated heterocycles. The summed E-state index contributed by atoms with van der Waals surface area (Å²) in [7, 11) is 0. The van der Waals surface area contributed by atoms with Gasteiger partial charge in [0, 0.05) is 28.4 Å². The molecule has 3 rings (SSSR count). The summed E-state index contributed by atoms with van der Waals surface area (Å²) in [6, 6.07) is 19.0. The van der Waals surface area contributed by atoms with Gasteiger partial charge in [0.1, 0.15) is 0 Å². The van der Waals surface area contributed by atoms with E-state index in [1.165, 1.54) is 13.0 Å². The number of thiophene rings is 1. The first-order valence-corrected chi connectivity index (χ1v) is 9.42. The van der Waals surface area contributed by atoms with Crippen molar-refractivity contribution in [3.8, 4) is 10.4 Å². The van der Waals surface area contributed by atoms with E-state index in [0.29, 0.717) is 16.4 Å². The van der Waals surface area contributed by atoms with Gasteiger partial charge in [-0.25, -0.2) is 0 Å². The maximum Gasteiger partial charge on any atom is 0.248 e. The van der Waals surface area contributed by atoms with Crippen LogP contribution in [0.25, 0.3) is 16.5 Å². The van der Waals surface area contributed by atoms with Crippen LogP contribution < -0.4 is 10.6 Å². The maximum atomic E-state index is 12.1. The maximum absolute atomic E-state index is 12.1. The van der Waals surface area contributed by atoms with Crippen molar-refractivity contribution in [2.75, 3.05) is 10.6 Å². The predicted octanol–water partition coefficient (Wildman–Crippen LogP) is 5.68. The third-order valence-corrected chi connectivity index (χ3v) is 5.04. The molecule has 4 nitrogen and oxygen atoms in total. The Bertz CT molecular complexity index is 996. The van der Waals surface area contributed by atoms with E-state index in [-0.39, 0.29) is 11.8 Å². The molecule has 27 heavy (non-hydrogen) atoms. The molecule has 136 valence electrons. The molecule has 2 aromatic carbocycles. The summed E-state index contributed by atoms with van der Waals surface area (Å²) in [5, 5.41) is 5.73. The molecule has 0 unspecified atom stereocenters. The van der Waals surface area contributed by atoms with Crippen LogP contribution in [0.3, 0.4) is 0 Å². The number of nitrogens with one attached hydrogen (secondary N) is 2. The minimum Gasteiger partial charge on any atom is -0.325 e. The molecule has 6 heteroatoms. The molecule has 0 aliphatic carbocycles. The van der Waals surface area contributed by atoms with Crippen LogP contribution in [0.2, 0.25) is 5.02 Å². The van der Waals surface area contributed by atoms with Crippen molar-refractivity contribution in [1.82, 2.24) is 0 Å². The van der Waals surface area contributed by atoms with Gasteiger partial charge in [-0.05, 0) is 42.0 Å². The standard InChI is InChI=1S/C21H17ClN2O2S/c1-14(25)23-19-10-7-16(13-18(19)22)24-21(26)12-9-17-8-11-20(27-17)15-5-3-2-4-6-15/h2-13H,1H3,(H,23,25)(H,24,26). The number of halogens is 1. The molecule has 1 aromatic heterocycles. The van der Waals surface area contributed by atoms with E-state index in [9.17, 15) is 9.59 Å². The van der Waals surface area contributed by atoms with Crippen LogP contribution in [0.1, 0.15) is 11.8 Å². The van der Waals surface area contributed by atoms with E-state index in [1.807, 2.05) is 30.3 Å². The highest BCUT2D eigenvalue weighted by atomic mass is 35.5. The van der Waals surface area contributed by atoms with Crippen LogP contribution >= 0.6 is 22.9 Å². The van der Waals surface area contributed by atoms with Gasteiger partial charge in [-0.3, -0.25) is 9.59 Å². The molecule has 2 N–H and O–H groups in total. The first kappa shape index (κ1) is 18.9. The fourth-order valence-electron chi connectivity index (χ4n) is 2.43. The Morgan fingerprint density at radius 2 is 1.78 bits per heavy atom. The van der Waals surface area contributed by atoms with Crippen LogP contribution in [0.15, 0.2) is 66.7 Å². The zero-order valence-corrected chi connectivity index (χ0v) is 16.1. The van der Waals surface area contributed by atoms with E-state index in [1.54, 1.807) is 35.6 Å². The smallest absolute Gasteiger partial charge is 0.248 e. The molecule has 0 bridgehead atoms. The number of anilines is 2. The minimum absolute atomic E-state index is 0.206. The van der Waals surface area contributed by atoms with E-state index >= 15 is 0 Å². The van der Waals surface area contributed by atoms with E-state index in [4.69, 9.17) is 11.6 Å². The number of carbonyl (C=O) groups is 2. The second kappa shape index (κ2) is 8.66. The van der Waals surface area contributed by atoms with Crippen LogP contribution in [0.4, 0.5) is 11.4 Å². The summed E-state index contributed by atoms with van der Waals surface area (Å²) in [4.78, 5) is 25.4. The van der Waals surface area contributed by atoms with Gasteiger partial charge in [0.15, 0.2) is 0 Å². The summed E-state index contributed by atoms with van der Waals surface area (Å²) in [6.07, 6.45) is 3.26. The molecule has 0 saturated carbocycles. The van der Waals surface area contributed by atoms with Crippen molar-refractivity contribution in [1.29, 1.82) is 0 Å². The van der Waals surface area contributed by atoms with Gasteiger partial charge in [-0.2, -0.15) is 0 Å². The molecular formula is C21H17ClN2O2S.